The first-order valence-electron chi connectivity index (χ1n) is 7.50. The van der Waals surface area contributed by atoms with Gasteiger partial charge in [-0.05, 0) is 40.5 Å². The second kappa shape index (κ2) is 5.89. The first-order chi connectivity index (χ1) is 10.5. The Bertz CT molecular complexity index is 590. The van der Waals surface area contributed by atoms with Crippen molar-refractivity contribution in [2.75, 3.05) is 7.05 Å². The van der Waals surface area contributed by atoms with E-state index < -0.39 is 17.0 Å². The summed E-state index contributed by atoms with van der Waals surface area (Å²) in [6, 6.07) is 0.0601. The second-order valence-corrected chi connectivity index (χ2v) is 7.21. The number of nitrogens with one attached hydrogen (secondary N) is 1. The highest BCUT2D eigenvalue weighted by atomic mass is 16.5. The Labute approximate surface area is 135 Å². The van der Waals surface area contributed by atoms with Gasteiger partial charge in [0, 0.05) is 18.1 Å². The molecule has 2 rings (SSSR count). The third-order valence-electron chi connectivity index (χ3n) is 4.24. The van der Waals surface area contributed by atoms with Crippen LogP contribution in [0.25, 0.3) is 0 Å². The van der Waals surface area contributed by atoms with Crippen LogP contribution in [0, 0.1) is 0 Å². The molecule has 0 unspecified atom stereocenters. The number of piperidine rings is 1. The van der Waals surface area contributed by atoms with Crippen LogP contribution in [-0.4, -0.2) is 50.1 Å². The Hall–Kier alpha value is -2.00. The van der Waals surface area contributed by atoms with Gasteiger partial charge >= 0.3 is 0 Å². The van der Waals surface area contributed by atoms with E-state index in [1.165, 1.54) is 11.4 Å². The summed E-state index contributed by atoms with van der Waals surface area (Å²) >= 11 is 0. The van der Waals surface area contributed by atoms with Crippen LogP contribution in [0.2, 0.25) is 0 Å². The van der Waals surface area contributed by atoms with E-state index in [-0.39, 0.29) is 17.6 Å². The van der Waals surface area contributed by atoms with Gasteiger partial charge in [-0.15, -0.1) is 15.4 Å². The van der Waals surface area contributed by atoms with E-state index in [0.29, 0.717) is 12.8 Å². The number of hydrogen-bond donors (Lipinski definition) is 2. The monoisotopic (exact) mass is 322 g/mol. The van der Waals surface area contributed by atoms with E-state index in [2.05, 4.69) is 20.3 Å². The van der Waals surface area contributed by atoms with Gasteiger partial charge in [0.1, 0.15) is 0 Å². The summed E-state index contributed by atoms with van der Waals surface area (Å²) in [6.45, 7) is 7.71. The first-order valence-corrected chi connectivity index (χ1v) is 7.50. The van der Waals surface area contributed by atoms with Crippen molar-refractivity contribution in [2.24, 2.45) is 16.1 Å². The van der Waals surface area contributed by atoms with Crippen LogP contribution in [0.3, 0.4) is 0 Å². The molecule has 1 radical (unpaired) electrons. The maximum atomic E-state index is 12.4. The van der Waals surface area contributed by atoms with E-state index >= 15 is 0 Å². The fraction of sp³-hybridized carbons (Fsp3) is 0.714. The van der Waals surface area contributed by atoms with Gasteiger partial charge in [0.2, 0.25) is 5.82 Å². The first kappa shape index (κ1) is 17.4. The number of carbonyl (C=O) groups excluding carboxylic acids is 1. The zero-order chi connectivity index (χ0) is 17.4. The zero-order valence-corrected chi connectivity index (χ0v) is 14.2. The number of aromatic amines is 1. The highest BCUT2D eigenvalue weighted by Crippen LogP contribution is 2.38. The summed E-state index contributed by atoms with van der Waals surface area (Å²) in [4.78, 5) is 17.8. The van der Waals surface area contributed by atoms with Crippen LogP contribution in [0.1, 0.15) is 51.0 Å². The molecule has 1 aliphatic heterocycles. The maximum absolute atomic E-state index is 12.4. The van der Waals surface area contributed by atoms with E-state index in [1.54, 1.807) is 12.1 Å². The Morgan fingerprint density at radius 1 is 1.39 bits per heavy atom. The van der Waals surface area contributed by atoms with Crippen molar-refractivity contribution in [2.45, 2.75) is 57.7 Å². The van der Waals surface area contributed by atoms with Crippen molar-refractivity contribution in [3.63, 3.8) is 0 Å². The lowest BCUT2D eigenvalue weighted by Gasteiger charge is -2.51. The number of nitrogens with two attached hydrogens (primary N) is 1. The van der Waals surface area contributed by atoms with Crippen LogP contribution in [0.15, 0.2) is 16.7 Å². The molecule has 23 heavy (non-hydrogen) atoms. The molecule has 0 aromatic carbocycles. The molecule has 1 amide bonds. The second-order valence-electron chi connectivity index (χ2n) is 7.21. The molecule has 1 aromatic heterocycles. The molecule has 9 nitrogen and oxygen atoms in total. The maximum Gasteiger partial charge on any atom is 0.269 e. The summed E-state index contributed by atoms with van der Waals surface area (Å²) < 4.78 is 0. The van der Waals surface area contributed by atoms with Gasteiger partial charge < -0.3 is 10.7 Å². The van der Waals surface area contributed by atoms with E-state index in [9.17, 15) is 10.0 Å². The SMILES string of the molecule is CN(/N=N/c1nc[nH]c1C(N)=O)C1CC(C)(C)N([O])C(C)(C)C1. The molecule has 3 N–H and O–H groups in total. The number of carbonyl (C=O) groups is 1. The van der Waals surface area contributed by atoms with Gasteiger partial charge in [-0.3, -0.25) is 9.80 Å². The van der Waals surface area contributed by atoms with Crippen LogP contribution in [0.4, 0.5) is 5.82 Å². The molecule has 0 saturated carbocycles. The molecule has 1 fully saturated rings. The van der Waals surface area contributed by atoms with E-state index in [1.807, 2.05) is 27.7 Å². The van der Waals surface area contributed by atoms with Crippen molar-refractivity contribution < 1.29 is 10.0 Å². The molecule has 1 saturated heterocycles. The van der Waals surface area contributed by atoms with Crippen molar-refractivity contribution in [1.29, 1.82) is 0 Å². The van der Waals surface area contributed by atoms with Gasteiger partial charge in [0.05, 0.1) is 12.4 Å². The lowest BCUT2D eigenvalue weighted by Crippen LogP contribution is -2.61. The smallest absolute Gasteiger partial charge is 0.269 e. The van der Waals surface area contributed by atoms with Crippen molar-refractivity contribution in [3.8, 4) is 0 Å². The quantitative estimate of drug-likeness (QED) is 0.648. The largest absolute Gasteiger partial charge is 0.364 e. The van der Waals surface area contributed by atoms with Gasteiger partial charge in [-0.1, -0.05) is 5.22 Å². The molecule has 0 bridgehead atoms. The number of rotatable bonds is 4. The highest BCUT2D eigenvalue weighted by molar-refractivity contribution is 5.94. The third kappa shape index (κ3) is 3.50. The number of primary amides is 1. The number of imidazole rings is 1. The van der Waals surface area contributed by atoms with Crippen LogP contribution in [-0.2, 0) is 5.21 Å². The summed E-state index contributed by atoms with van der Waals surface area (Å²) in [6.07, 6.45) is 2.67. The minimum absolute atomic E-state index is 0.0601. The van der Waals surface area contributed by atoms with Crippen LogP contribution >= 0.6 is 0 Å². The number of hydroxylamine groups is 2. The molecule has 1 aliphatic rings. The summed E-state index contributed by atoms with van der Waals surface area (Å²) in [5.74, 6) is -0.481. The predicted octanol–water partition coefficient (Wildman–Crippen LogP) is 1.81. The van der Waals surface area contributed by atoms with Crippen LogP contribution in [0.5, 0.6) is 0 Å². The highest BCUT2D eigenvalue weighted by Gasteiger charge is 2.47. The molecule has 9 heteroatoms. The van der Waals surface area contributed by atoms with Gasteiger partial charge in [-0.2, -0.15) is 0 Å². The molecule has 127 valence electrons. The van der Waals surface area contributed by atoms with Crippen molar-refractivity contribution in [1.82, 2.24) is 20.0 Å². The van der Waals surface area contributed by atoms with E-state index in [4.69, 9.17) is 5.73 Å². The number of H-pyrrole nitrogens is 1. The lowest BCUT2D eigenvalue weighted by molar-refractivity contribution is -0.294. The minimum Gasteiger partial charge on any atom is -0.364 e. The molecular formula is C14H24N7O2. The van der Waals surface area contributed by atoms with Gasteiger partial charge in [0.15, 0.2) is 5.69 Å². The standard InChI is InChI=1S/C14H24N7O2/c1-13(2)6-9(7-14(3,4)21(13)23)20(5)19-18-12-10(11(15)22)16-8-17-12/h8-9H,6-7H2,1-5H3,(H2,15,22)(H,16,17)/b19-18+. The number of amides is 1. The minimum atomic E-state index is -0.638. The fourth-order valence-electron chi connectivity index (χ4n) is 3.20. The normalized spacial score (nSPS) is 21.7. The molecule has 0 aliphatic carbocycles. The average molecular weight is 322 g/mol. The summed E-state index contributed by atoms with van der Waals surface area (Å²) in [5, 5.41) is 23.4. The number of nitrogens with zero attached hydrogens (tertiary/aromatic N) is 5. The topological polar surface area (TPSA) is 123 Å². The fourth-order valence-corrected chi connectivity index (χ4v) is 3.20. The van der Waals surface area contributed by atoms with Gasteiger partial charge in [0.25, 0.3) is 5.91 Å². The Morgan fingerprint density at radius 3 is 2.48 bits per heavy atom. The van der Waals surface area contributed by atoms with Crippen molar-refractivity contribution in [3.05, 3.63) is 12.0 Å². The third-order valence-corrected chi connectivity index (χ3v) is 4.24. The molecular weight excluding hydrogens is 298 g/mol. The van der Waals surface area contributed by atoms with Crippen molar-refractivity contribution >= 4 is 11.7 Å². The summed E-state index contributed by atoms with van der Waals surface area (Å²) in [7, 11) is 1.80. The zero-order valence-electron chi connectivity index (χ0n) is 14.2. The molecule has 0 atom stereocenters. The molecule has 1 aromatic rings. The predicted molar refractivity (Wildman–Crippen MR) is 83.1 cm³/mol. The van der Waals surface area contributed by atoms with Gasteiger partial charge in [-0.25, -0.2) is 4.98 Å². The van der Waals surface area contributed by atoms with E-state index in [0.717, 1.165) is 0 Å². The number of aromatic nitrogens is 2. The Kier molecular flexibility index (Phi) is 4.45. The lowest BCUT2D eigenvalue weighted by atomic mass is 9.79. The average Bonchev–Trinajstić information content (AvgIpc) is 2.90. The molecule has 2 heterocycles. The molecule has 0 spiro atoms. The summed E-state index contributed by atoms with van der Waals surface area (Å²) in [5.41, 5.74) is 4.38. The van der Waals surface area contributed by atoms with Crippen LogP contribution < -0.4 is 5.73 Å². The Morgan fingerprint density at radius 2 is 1.96 bits per heavy atom. The Balaban J connectivity index is 2.14. The number of hydrogen-bond acceptors (Lipinski definition) is 5.